The first kappa shape index (κ1) is 20.5. The minimum Gasteiger partial charge on any atom is -0.335 e. The largest absolute Gasteiger partial charge is 0.335 e. The number of benzene rings is 2. The summed E-state index contributed by atoms with van der Waals surface area (Å²) in [4.78, 5) is 30.0. The van der Waals surface area contributed by atoms with Crippen molar-refractivity contribution in [3.8, 4) is 0 Å². The normalized spacial score (nSPS) is 24.6. The number of carbonyl (C=O) groups is 1. The van der Waals surface area contributed by atoms with Crippen molar-refractivity contribution in [3.05, 3.63) is 64.0 Å². The van der Waals surface area contributed by atoms with E-state index in [0.29, 0.717) is 0 Å². The van der Waals surface area contributed by atoms with Crippen molar-refractivity contribution in [2.24, 2.45) is 10.4 Å². The monoisotopic (exact) mass is 438 g/mol. The van der Waals surface area contributed by atoms with E-state index in [1.807, 2.05) is 38.3 Å². The molecule has 2 aliphatic heterocycles. The van der Waals surface area contributed by atoms with Crippen LogP contribution in [-0.2, 0) is 18.3 Å². The zero-order valence-electron chi connectivity index (χ0n) is 20.1. The Morgan fingerprint density at radius 1 is 1.00 bits per heavy atom. The molecule has 2 bridgehead atoms. The van der Waals surface area contributed by atoms with Crippen LogP contribution in [0.3, 0.4) is 0 Å². The summed E-state index contributed by atoms with van der Waals surface area (Å²) < 4.78 is 0. The Hall–Kier alpha value is -3.08. The molecule has 3 aliphatic rings. The van der Waals surface area contributed by atoms with Crippen LogP contribution in [0.1, 0.15) is 65.6 Å². The second kappa shape index (κ2) is 6.72. The second-order valence-corrected chi connectivity index (χ2v) is 10.8. The summed E-state index contributed by atoms with van der Waals surface area (Å²) in [6.07, 6.45) is 4.52. The Morgan fingerprint density at radius 2 is 1.73 bits per heavy atom. The lowest BCUT2D eigenvalue weighted by atomic mass is 9.51. The summed E-state index contributed by atoms with van der Waals surface area (Å²) in [5.74, 6) is 0.139. The summed E-state index contributed by atoms with van der Waals surface area (Å²) >= 11 is 0. The molecule has 0 spiro atoms. The number of carbonyl (C=O) groups excluding carboxylic acids is 1. The van der Waals surface area contributed by atoms with Crippen LogP contribution in [0.5, 0.6) is 0 Å². The smallest absolute Gasteiger partial charge is 0.254 e. The Labute approximate surface area is 195 Å². The van der Waals surface area contributed by atoms with Crippen molar-refractivity contribution in [1.29, 1.82) is 0 Å². The van der Waals surface area contributed by atoms with Gasteiger partial charge >= 0.3 is 0 Å². The maximum Gasteiger partial charge on any atom is 0.254 e. The number of aryl methyl sites for hydroxylation is 2. The van der Waals surface area contributed by atoms with Crippen LogP contribution in [0.4, 0.5) is 5.69 Å². The second-order valence-electron chi connectivity index (χ2n) is 10.8. The lowest BCUT2D eigenvalue weighted by Crippen LogP contribution is -2.64. The highest BCUT2D eigenvalue weighted by atomic mass is 16.2. The third-order valence-electron chi connectivity index (χ3n) is 8.92. The predicted molar refractivity (Wildman–Crippen MR) is 132 cm³/mol. The maximum atomic E-state index is 13.8. The number of rotatable bonds is 1. The Kier molecular flexibility index (Phi) is 4.18. The highest BCUT2D eigenvalue weighted by molar-refractivity contribution is 5.96. The average molecular weight is 439 g/mol. The first-order chi connectivity index (χ1) is 15.7. The molecule has 2 aromatic carbocycles. The van der Waals surface area contributed by atoms with Gasteiger partial charge in [-0.25, -0.2) is 9.97 Å². The van der Waals surface area contributed by atoms with Gasteiger partial charge in [0.1, 0.15) is 0 Å². The highest BCUT2D eigenvalue weighted by Gasteiger charge is 2.57. The number of piperidine rings is 1. The number of fused-ring (bicyclic) bond motifs is 6. The molecule has 0 radical (unpaired) electrons. The minimum absolute atomic E-state index is 0.0253. The summed E-state index contributed by atoms with van der Waals surface area (Å²) in [5.41, 5.74) is 9.41. The molecular weight excluding hydrogens is 408 g/mol. The van der Waals surface area contributed by atoms with Crippen molar-refractivity contribution in [2.75, 3.05) is 6.54 Å². The minimum atomic E-state index is -0.0609. The predicted octanol–water partition coefficient (Wildman–Crippen LogP) is 5.26. The van der Waals surface area contributed by atoms with Gasteiger partial charge in [0.05, 0.1) is 28.1 Å². The van der Waals surface area contributed by atoms with Gasteiger partial charge in [0.2, 0.25) is 0 Å². The molecule has 3 heterocycles. The number of hydrogen-bond donors (Lipinski definition) is 0. The summed E-state index contributed by atoms with van der Waals surface area (Å²) in [5, 5.41) is 0. The molecule has 0 saturated carbocycles. The third-order valence-corrected chi connectivity index (χ3v) is 8.92. The van der Waals surface area contributed by atoms with Crippen molar-refractivity contribution >= 4 is 28.8 Å². The van der Waals surface area contributed by atoms with Crippen LogP contribution in [0.25, 0.3) is 11.0 Å². The Bertz CT molecular complexity index is 1370. The van der Waals surface area contributed by atoms with Gasteiger partial charge < -0.3 is 4.90 Å². The number of amides is 1. The van der Waals surface area contributed by atoms with E-state index >= 15 is 0 Å². The van der Waals surface area contributed by atoms with Gasteiger partial charge in [-0.05, 0) is 79.1 Å². The molecule has 0 unspecified atom stereocenters. The molecule has 1 aromatic heterocycles. The van der Waals surface area contributed by atoms with Crippen molar-refractivity contribution in [1.82, 2.24) is 14.9 Å². The summed E-state index contributed by atoms with van der Waals surface area (Å²) in [7, 11) is 0. The molecule has 33 heavy (non-hydrogen) atoms. The van der Waals surface area contributed by atoms with E-state index in [1.54, 1.807) is 0 Å². The quantitative estimate of drug-likeness (QED) is 0.521. The summed E-state index contributed by atoms with van der Waals surface area (Å²) in [6, 6.07) is 10.6. The van der Waals surface area contributed by atoms with Crippen LogP contribution in [-0.4, -0.2) is 39.6 Å². The van der Waals surface area contributed by atoms with Crippen LogP contribution in [0, 0.1) is 19.3 Å². The molecule has 1 saturated heterocycles. The zero-order valence-corrected chi connectivity index (χ0v) is 20.1. The molecule has 2 atom stereocenters. The zero-order chi connectivity index (χ0) is 23.1. The lowest BCUT2D eigenvalue weighted by Gasteiger charge is -2.60. The van der Waals surface area contributed by atoms with E-state index < -0.39 is 0 Å². The molecule has 1 aliphatic carbocycles. The molecule has 1 fully saturated rings. The van der Waals surface area contributed by atoms with Crippen molar-refractivity contribution in [3.63, 3.8) is 0 Å². The highest BCUT2D eigenvalue weighted by Crippen LogP contribution is 2.56. The SMILES string of the molecule is Cc1nc2cc3c(cc2nc1C)[C@]1(C)CCN(C(=O)c2ccc4c(c2)CC=N4)[C@H](C3)C1(C)C. The van der Waals surface area contributed by atoms with Crippen LogP contribution in [0.2, 0.25) is 0 Å². The average Bonchev–Trinajstić information content (AvgIpc) is 3.24. The standard InChI is InChI=1S/C28H30N4O/c1-16-17(2)31-24-15-21-20(13-23(24)30-16)14-25-27(3,4)28(21,5)9-11-32(25)26(33)19-6-7-22-18(12-19)8-10-29-22/h6-7,10,12-13,15,25H,8-9,11,14H2,1-5H3/t25-,28+/m1/s1. The van der Waals surface area contributed by atoms with E-state index in [4.69, 9.17) is 9.97 Å². The van der Waals surface area contributed by atoms with Crippen LogP contribution >= 0.6 is 0 Å². The topological polar surface area (TPSA) is 58.5 Å². The fourth-order valence-electron chi connectivity index (χ4n) is 6.30. The number of hydrogen-bond acceptors (Lipinski definition) is 4. The van der Waals surface area contributed by atoms with Gasteiger partial charge in [-0.15, -0.1) is 0 Å². The van der Waals surface area contributed by atoms with Gasteiger partial charge in [-0.1, -0.05) is 20.8 Å². The molecule has 6 rings (SSSR count). The van der Waals surface area contributed by atoms with Crippen LogP contribution < -0.4 is 0 Å². The molecular formula is C28H30N4O. The fourth-order valence-corrected chi connectivity index (χ4v) is 6.30. The van der Waals surface area contributed by atoms with Gasteiger partial charge in [0, 0.05) is 36.2 Å². The first-order valence-corrected chi connectivity index (χ1v) is 11.9. The first-order valence-electron chi connectivity index (χ1n) is 11.9. The van der Waals surface area contributed by atoms with E-state index in [-0.39, 0.29) is 22.8 Å². The number of likely N-dealkylation sites (tertiary alicyclic amines) is 1. The third kappa shape index (κ3) is 2.77. The summed E-state index contributed by atoms with van der Waals surface area (Å²) in [6.45, 7) is 11.9. The van der Waals surface area contributed by atoms with E-state index in [0.717, 1.165) is 65.0 Å². The number of nitrogens with zero attached hydrogens (tertiary/aromatic N) is 4. The van der Waals surface area contributed by atoms with Gasteiger partial charge in [-0.3, -0.25) is 9.79 Å². The molecule has 5 heteroatoms. The Balaban J connectivity index is 1.43. The van der Waals surface area contributed by atoms with Crippen molar-refractivity contribution < 1.29 is 4.79 Å². The Morgan fingerprint density at radius 3 is 2.48 bits per heavy atom. The van der Waals surface area contributed by atoms with E-state index in [1.165, 1.54) is 11.1 Å². The molecule has 168 valence electrons. The maximum absolute atomic E-state index is 13.8. The number of aliphatic imine (C=N–C) groups is 1. The molecule has 5 nitrogen and oxygen atoms in total. The van der Waals surface area contributed by atoms with Crippen LogP contribution in [0.15, 0.2) is 35.3 Å². The number of aromatic nitrogens is 2. The van der Waals surface area contributed by atoms with Gasteiger partial charge in [0.25, 0.3) is 5.91 Å². The molecule has 1 amide bonds. The fraction of sp³-hybridized carbons (Fsp3) is 0.429. The van der Waals surface area contributed by atoms with E-state index in [2.05, 4.69) is 42.8 Å². The molecule has 0 N–H and O–H groups in total. The molecule has 3 aromatic rings. The van der Waals surface area contributed by atoms with E-state index in [9.17, 15) is 4.79 Å². The van der Waals surface area contributed by atoms with Crippen molar-refractivity contribution in [2.45, 2.75) is 65.3 Å². The van der Waals surface area contributed by atoms with Gasteiger partial charge in [0.15, 0.2) is 0 Å². The van der Waals surface area contributed by atoms with Gasteiger partial charge in [-0.2, -0.15) is 0 Å². The lowest BCUT2D eigenvalue weighted by molar-refractivity contribution is -0.0261.